The van der Waals surface area contributed by atoms with Crippen molar-refractivity contribution >= 4 is 11.9 Å². The van der Waals surface area contributed by atoms with Gasteiger partial charge in [-0.05, 0) is 89.7 Å². The van der Waals surface area contributed by atoms with Gasteiger partial charge < -0.3 is 24.6 Å². The number of rotatable bonds is 10. The summed E-state index contributed by atoms with van der Waals surface area (Å²) in [7, 11) is 1.35. The summed E-state index contributed by atoms with van der Waals surface area (Å²) in [5, 5.41) is 13.1. The molecule has 4 aromatic carbocycles. The van der Waals surface area contributed by atoms with Crippen molar-refractivity contribution in [2.24, 2.45) is 0 Å². The van der Waals surface area contributed by atoms with Crippen molar-refractivity contribution in [2.75, 3.05) is 26.9 Å². The smallest absolute Gasteiger partial charge is 0.337 e. The highest BCUT2D eigenvalue weighted by molar-refractivity contribution is 5.89. The van der Waals surface area contributed by atoms with Gasteiger partial charge in [0.15, 0.2) is 0 Å². The van der Waals surface area contributed by atoms with Gasteiger partial charge in [0.25, 0.3) is 0 Å². The Bertz CT molecular complexity index is 1590. The van der Waals surface area contributed by atoms with E-state index >= 15 is 0 Å². The van der Waals surface area contributed by atoms with Gasteiger partial charge in [-0.2, -0.15) is 0 Å². The summed E-state index contributed by atoms with van der Waals surface area (Å²) < 4.78 is 16.8. The van der Waals surface area contributed by atoms with E-state index in [1.165, 1.54) is 7.11 Å². The van der Waals surface area contributed by atoms with Crippen LogP contribution in [-0.2, 0) is 27.4 Å². The van der Waals surface area contributed by atoms with Crippen LogP contribution in [0.2, 0.25) is 0 Å². The number of hydrogen-bond acceptors (Lipinski definition) is 7. The lowest BCUT2D eigenvalue weighted by atomic mass is 9.97. The van der Waals surface area contributed by atoms with E-state index in [-0.39, 0.29) is 24.3 Å². The SMILES string of the molecule is COC(=O)c1ccc([C@H](C)NC(=O)[C@H]2COCCN2Cc2cc(OCc3ccccc3)cc(-c3ccc(O)cc3C)c2)cc1. The predicted molar refractivity (Wildman–Crippen MR) is 168 cm³/mol. The molecule has 44 heavy (non-hydrogen) atoms. The fraction of sp³-hybridized carbons (Fsp3) is 0.278. The monoisotopic (exact) mass is 594 g/mol. The molecule has 228 valence electrons. The van der Waals surface area contributed by atoms with Crippen LogP contribution in [0.25, 0.3) is 11.1 Å². The van der Waals surface area contributed by atoms with E-state index in [0.29, 0.717) is 31.9 Å². The fourth-order valence-corrected chi connectivity index (χ4v) is 5.43. The van der Waals surface area contributed by atoms with Gasteiger partial charge in [0.2, 0.25) is 5.91 Å². The van der Waals surface area contributed by atoms with Crippen molar-refractivity contribution in [3.63, 3.8) is 0 Å². The number of benzene rings is 4. The highest BCUT2D eigenvalue weighted by Crippen LogP contribution is 2.32. The first-order valence-corrected chi connectivity index (χ1v) is 14.7. The first-order chi connectivity index (χ1) is 21.3. The first-order valence-electron chi connectivity index (χ1n) is 14.7. The molecule has 0 saturated carbocycles. The third kappa shape index (κ3) is 7.64. The van der Waals surface area contributed by atoms with Crippen LogP contribution in [0.15, 0.2) is 91.0 Å². The van der Waals surface area contributed by atoms with Crippen LogP contribution in [0.4, 0.5) is 0 Å². The largest absolute Gasteiger partial charge is 0.508 e. The van der Waals surface area contributed by atoms with Gasteiger partial charge in [-0.15, -0.1) is 0 Å². The zero-order chi connectivity index (χ0) is 31.1. The van der Waals surface area contributed by atoms with Crippen molar-refractivity contribution in [3.05, 3.63) is 119 Å². The number of ether oxygens (including phenoxy) is 3. The van der Waals surface area contributed by atoms with E-state index < -0.39 is 12.0 Å². The van der Waals surface area contributed by atoms with Crippen molar-refractivity contribution in [1.29, 1.82) is 0 Å². The van der Waals surface area contributed by atoms with E-state index in [9.17, 15) is 14.7 Å². The molecule has 1 saturated heterocycles. The lowest BCUT2D eigenvalue weighted by molar-refractivity contribution is -0.133. The molecule has 2 atom stereocenters. The second kappa shape index (κ2) is 14.2. The molecule has 0 unspecified atom stereocenters. The van der Waals surface area contributed by atoms with Crippen LogP contribution in [-0.4, -0.2) is 54.8 Å². The minimum absolute atomic E-state index is 0.125. The number of esters is 1. The first kappa shape index (κ1) is 30.8. The van der Waals surface area contributed by atoms with Crippen LogP contribution < -0.4 is 10.1 Å². The molecule has 8 heteroatoms. The van der Waals surface area contributed by atoms with Gasteiger partial charge in [0, 0.05) is 13.1 Å². The second-order valence-electron chi connectivity index (χ2n) is 11.0. The Labute approximate surface area is 258 Å². The Morgan fingerprint density at radius 2 is 1.77 bits per heavy atom. The minimum Gasteiger partial charge on any atom is -0.508 e. The van der Waals surface area contributed by atoms with Crippen molar-refractivity contribution < 1.29 is 28.9 Å². The van der Waals surface area contributed by atoms with E-state index in [1.807, 2.05) is 74.5 Å². The fourth-order valence-electron chi connectivity index (χ4n) is 5.43. The van der Waals surface area contributed by atoms with E-state index in [0.717, 1.165) is 39.1 Å². The number of nitrogens with zero attached hydrogens (tertiary/aromatic N) is 1. The van der Waals surface area contributed by atoms with Gasteiger partial charge >= 0.3 is 5.97 Å². The number of aryl methyl sites for hydroxylation is 1. The average molecular weight is 595 g/mol. The number of phenolic OH excluding ortho intramolecular Hbond substituents is 1. The summed E-state index contributed by atoms with van der Waals surface area (Å²) in [6, 6.07) is 27.8. The molecule has 0 radical (unpaired) electrons. The highest BCUT2D eigenvalue weighted by Gasteiger charge is 2.30. The Balaban J connectivity index is 1.35. The number of amides is 1. The number of nitrogens with one attached hydrogen (secondary N) is 1. The number of phenols is 1. The maximum atomic E-state index is 13.5. The molecule has 1 fully saturated rings. The molecule has 1 aliphatic rings. The molecule has 4 aromatic rings. The zero-order valence-corrected chi connectivity index (χ0v) is 25.3. The molecule has 1 aliphatic heterocycles. The van der Waals surface area contributed by atoms with Gasteiger partial charge in [0.05, 0.1) is 31.9 Å². The molecule has 2 N–H and O–H groups in total. The zero-order valence-electron chi connectivity index (χ0n) is 25.3. The molecular weight excluding hydrogens is 556 g/mol. The number of methoxy groups -OCH3 is 1. The molecule has 0 aliphatic carbocycles. The normalized spacial score (nSPS) is 15.8. The van der Waals surface area contributed by atoms with Crippen molar-refractivity contribution in [1.82, 2.24) is 10.2 Å². The summed E-state index contributed by atoms with van der Waals surface area (Å²) in [6.07, 6.45) is 0. The Hall–Kier alpha value is -4.66. The van der Waals surface area contributed by atoms with Crippen molar-refractivity contribution in [2.45, 2.75) is 39.1 Å². The summed E-state index contributed by atoms with van der Waals surface area (Å²) in [6.45, 7) is 6.26. The summed E-state index contributed by atoms with van der Waals surface area (Å²) in [5.74, 6) is 0.424. The minimum atomic E-state index is -0.478. The van der Waals surface area contributed by atoms with Crippen LogP contribution in [0.3, 0.4) is 0 Å². The topological polar surface area (TPSA) is 97.3 Å². The van der Waals surface area contributed by atoms with Crippen LogP contribution in [0.1, 0.15) is 45.6 Å². The molecule has 0 aromatic heterocycles. The van der Waals surface area contributed by atoms with Gasteiger partial charge in [0.1, 0.15) is 24.1 Å². The van der Waals surface area contributed by atoms with Crippen LogP contribution >= 0.6 is 0 Å². The van der Waals surface area contributed by atoms with Crippen molar-refractivity contribution in [3.8, 4) is 22.6 Å². The standard InChI is InChI=1S/C36H38N2O6/c1-24-17-31(39)13-14-33(24)30-18-27(19-32(20-30)44-22-26-7-5-4-6-8-26)21-38-15-16-43-23-34(38)35(40)37-25(2)28-9-11-29(12-10-28)36(41)42-3/h4-14,17-20,25,34,39H,15-16,21-23H2,1-3H3,(H,37,40)/t25-,34+/m0/s1. The van der Waals surface area contributed by atoms with Gasteiger partial charge in [-0.25, -0.2) is 4.79 Å². The third-order valence-electron chi connectivity index (χ3n) is 7.85. The third-order valence-corrected chi connectivity index (χ3v) is 7.85. The number of carbonyl (C=O) groups is 2. The van der Waals surface area contributed by atoms with Crippen LogP contribution in [0.5, 0.6) is 11.5 Å². The van der Waals surface area contributed by atoms with E-state index in [2.05, 4.69) is 16.3 Å². The molecule has 1 heterocycles. The molecule has 0 bridgehead atoms. The number of aromatic hydroxyl groups is 1. The maximum Gasteiger partial charge on any atom is 0.337 e. The number of carbonyl (C=O) groups excluding carboxylic acids is 2. The summed E-state index contributed by atoms with van der Waals surface area (Å²) >= 11 is 0. The predicted octanol–water partition coefficient (Wildman–Crippen LogP) is 5.81. The second-order valence-corrected chi connectivity index (χ2v) is 11.0. The van der Waals surface area contributed by atoms with E-state index in [4.69, 9.17) is 14.2 Å². The molecule has 1 amide bonds. The molecule has 8 nitrogen and oxygen atoms in total. The quantitative estimate of drug-likeness (QED) is 0.224. The number of hydrogen-bond donors (Lipinski definition) is 2. The van der Waals surface area contributed by atoms with Gasteiger partial charge in [-0.1, -0.05) is 48.5 Å². The maximum absolute atomic E-state index is 13.5. The van der Waals surface area contributed by atoms with Gasteiger partial charge in [-0.3, -0.25) is 9.69 Å². The highest BCUT2D eigenvalue weighted by atomic mass is 16.5. The molecule has 5 rings (SSSR count). The van der Waals surface area contributed by atoms with E-state index in [1.54, 1.807) is 24.3 Å². The Kier molecular flexibility index (Phi) is 9.94. The summed E-state index contributed by atoms with van der Waals surface area (Å²) in [5.41, 5.74) is 6.33. The summed E-state index contributed by atoms with van der Waals surface area (Å²) in [4.78, 5) is 27.5. The molecule has 0 spiro atoms. The number of morpholine rings is 1. The lowest BCUT2D eigenvalue weighted by Gasteiger charge is -2.35. The Morgan fingerprint density at radius 1 is 1.00 bits per heavy atom. The Morgan fingerprint density at radius 3 is 2.50 bits per heavy atom. The lowest BCUT2D eigenvalue weighted by Crippen LogP contribution is -2.53. The molecular formula is C36H38N2O6. The average Bonchev–Trinajstić information content (AvgIpc) is 3.04. The van der Waals surface area contributed by atoms with Crippen LogP contribution in [0, 0.1) is 6.92 Å².